The first-order chi connectivity index (χ1) is 6.88. The molecule has 0 aliphatic heterocycles. The topological polar surface area (TPSA) is 17.1 Å². The van der Waals surface area contributed by atoms with E-state index in [-0.39, 0.29) is 29.8 Å². The second kappa shape index (κ2) is 6.35. The maximum absolute atomic E-state index is 11.8. The van der Waals surface area contributed by atoms with Crippen LogP contribution in [0.15, 0.2) is 24.3 Å². The van der Waals surface area contributed by atoms with Crippen LogP contribution in [0.1, 0.15) is 22.3 Å². The number of benzene rings is 1. The summed E-state index contributed by atoms with van der Waals surface area (Å²) in [6, 6.07) is 7.80. The number of hydrogen-bond donors (Lipinski definition) is 0. The van der Waals surface area contributed by atoms with Gasteiger partial charge < -0.3 is 4.48 Å². The first-order valence-corrected chi connectivity index (χ1v) is 5.29. The van der Waals surface area contributed by atoms with Crippen molar-refractivity contribution in [2.45, 2.75) is 13.3 Å². The van der Waals surface area contributed by atoms with Crippen molar-refractivity contribution in [1.82, 2.24) is 0 Å². The minimum absolute atomic E-state index is 0. The van der Waals surface area contributed by atoms with Crippen LogP contribution in [0.4, 0.5) is 0 Å². The van der Waals surface area contributed by atoms with Crippen LogP contribution in [0.5, 0.6) is 0 Å². The molecular formula is C13H21INO+. The molecule has 0 fully saturated rings. The molecule has 90 valence electrons. The summed E-state index contributed by atoms with van der Waals surface area (Å²) in [5.41, 5.74) is 1.98. The van der Waals surface area contributed by atoms with Crippen LogP contribution in [0, 0.1) is 6.92 Å². The van der Waals surface area contributed by atoms with Crippen molar-refractivity contribution in [3.8, 4) is 0 Å². The minimum Gasteiger partial charge on any atom is -0.331 e. The Morgan fingerprint density at radius 3 is 2.38 bits per heavy atom. The molecule has 0 N–H and O–H groups in total. The monoisotopic (exact) mass is 334 g/mol. The number of carbonyl (C=O) groups is 1. The van der Waals surface area contributed by atoms with E-state index in [9.17, 15) is 4.79 Å². The highest BCUT2D eigenvalue weighted by molar-refractivity contribution is 14.0. The van der Waals surface area contributed by atoms with Gasteiger partial charge in [-0.2, -0.15) is 0 Å². The number of ketones is 1. The Hall–Kier alpha value is -0.420. The van der Waals surface area contributed by atoms with Crippen LogP contribution in [0.25, 0.3) is 0 Å². The molecule has 16 heavy (non-hydrogen) atoms. The number of quaternary nitrogens is 1. The second-order valence-corrected chi connectivity index (χ2v) is 5.06. The predicted octanol–water partition coefficient (Wildman–Crippen LogP) is 2.89. The molecule has 0 radical (unpaired) electrons. The van der Waals surface area contributed by atoms with Crippen LogP contribution in [-0.2, 0) is 0 Å². The molecule has 0 heterocycles. The smallest absolute Gasteiger partial charge is 0.168 e. The largest absolute Gasteiger partial charge is 0.331 e. The molecule has 1 aromatic carbocycles. The van der Waals surface area contributed by atoms with Crippen LogP contribution in [-0.4, -0.2) is 38.0 Å². The lowest BCUT2D eigenvalue weighted by Gasteiger charge is -2.23. The molecule has 2 nitrogen and oxygen atoms in total. The van der Waals surface area contributed by atoms with Crippen molar-refractivity contribution in [2.75, 3.05) is 27.7 Å². The van der Waals surface area contributed by atoms with Crippen molar-refractivity contribution < 1.29 is 9.28 Å². The molecule has 0 unspecified atom stereocenters. The molecule has 1 rings (SSSR count). The van der Waals surface area contributed by atoms with Gasteiger partial charge in [-0.15, -0.1) is 24.0 Å². The van der Waals surface area contributed by atoms with Crippen molar-refractivity contribution >= 4 is 29.8 Å². The summed E-state index contributed by atoms with van der Waals surface area (Å²) in [5, 5.41) is 0. The Labute approximate surface area is 115 Å². The number of nitrogens with zero attached hydrogens (tertiary/aromatic N) is 1. The molecule has 0 bridgehead atoms. The summed E-state index contributed by atoms with van der Waals surface area (Å²) in [6.45, 7) is 2.89. The van der Waals surface area contributed by atoms with Gasteiger partial charge in [0.1, 0.15) is 0 Å². The maximum atomic E-state index is 11.8. The van der Waals surface area contributed by atoms with Gasteiger partial charge in [-0.05, 0) is 13.0 Å². The van der Waals surface area contributed by atoms with Gasteiger partial charge in [-0.1, -0.05) is 23.8 Å². The molecule has 0 amide bonds. The van der Waals surface area contributed by atoms with Crippen molar-refractivity contribution in [3.63, 3.8) is 0 Å². The zero-order valence-electron chi connectivity index (χ0n) is 10.5. The first kappa shape index (κ1) is 15.6. The van der Waals surface area contributed by atoms with E-state index in [1.54, 1.807) is 0 Å². The zero-order valence-corrected chi connectivity index (χ0v) is 12.8. The number of Topliss-reactive ketones (excluding diaryl/α,β-unsaturated/α-hetero) is 1. The number of hydrogen-bond acceptors (Lipinski definition) is 1. The fourth-order valence-corrected chi connectivity index (χ4v) is 1.40. The van der Waals surface area contributed by atoms with Gasteiger partial charge in [-0.25, -0.2) is 0 Å². The van der Waals surface area contributed by atoms with Gasteiger partial charge in [0.25, 0.3) is 0 Å². The van der Waals surface area contributed by atoms with Gasteiger partial charge >= 0.3 is 0 Å². The highest BCUT2D eigenvalue weighted by atomic mass is 127. The van der Waals surface area contributed by atoms with Crippen LogP contribution in [0.2, 0.25) is 0 Å². The van der Waals surface area contributed by atoms with E-state index in [1.165, 1.54) is 0 Å². The predicted molar refractivity (Wildman–Crippen MR) is 78.4 cm³/mol. The third-order valence-electron chi connectivity index (χ3n) is 2.35. The lowest BCUT2D eigenvalue weighted by atomic mass is 10.1. The number of halogens is 1. The van der Waals surface area contributed by atoms with Crippen molar-refractivity contribution in [1.29, 1.82) is 0 Å². The maximum Gasteiger partial charge on any atom is 0.168 e. The molecule has 0 atom stereocenters. The Morgan fingerprint density at radius 2 is 1.88 bits per heavy atom. The Bertz CT molecular complexity index is 355. The van der Waals surface area contributed by atoms with E-state index in [0.717, 1.165) is 22.2 Å². The van der Waals surface area contributed by atoms with E-state index in [2.05, 4.69) is 21.1 Å². The molecule has 0 saturated heterocycles. The lowest BCUT2D eigenvalue weighted by Crippen LogP contribution is -2.36. The molecule has 0 aliphatic rings. The van der Waals surface area contributed by atoms with Crippen LogP contribution < -0.4 is 0 Å². The third-order valence-corrected chi connectivity index (χ3v) is 2.35. The van der Waals surface area contributed by atoms with Gasteiger partial charge in [0.05, 0.1) is 34.1 Å². The summed E-state index contributed by atoms with van der Waals surface area (Å²) in [5.74, 6) is 0.242. The van der Waals surface area contributed by atoms with Gasteiger partial charge in [-0.3, -0.25) is 4.79 Å². The van der Waals surface area contributed by atoms with Gasteiger partial charge in [0, 0.05) is 5.56 Å². The summed E-state index contributed by atoms with van der Waals surface area (Å²) in [4.78, 5) is 11.8. The number of rotatable bonds is 4. The molecule has 0 aliphatic carbocycles. The first-order valence-electron chi connectivity index (χ1n) is 5.29. The summed E-state index contributed by atoms with van der Waals surface area (Å²) in [6.07, 6.45) is 0.618. The quantitative estimate of drug-likeness (QED) is 0.470. The van der Waals surface area contributed by atoms with E-state index in [0.29, 0.717) is 6.42 Å². The average molecular weight is 334 g/mol. The molecule has 3 heteroatoms. The molecule has 0 aromatic heterocycles. The molecule has 1 aromatic rings. The van der Waals surface area contributed by atoms with E-state index in [1.807, 2.05) is 31.2 Å². The van der Waals surface area contributed by atoms with Gasteiger partial charge in [0.15, 0.2) is 5.78 Å². The Balaban J connectivity index is 0.00000225. The molecule has 0 saturated carbocycles. The lowest BCUT2D eigenvalue weighted by molar-refractivity contribution is -0.869. The van der Waals surface area contributed by atoms with E-state index < -0.39 is 0 Å². The normalized spacial score (nSPS) is 10.8. The molecule has 0 spiro atoms. The van der Waals surface area contributed by atoms with Crippen LogP contribution in [0.3, 0.4) is 0 Å². The Kier molecular flexibility index (Phi) is 6.18. The standard InChI is InChI=1S/C13H20NO.HI/c1-11-6-5-7-12(10-11)13(15)8-9-14(2,3)4;/h5-7,10H,8-9H2,1-4H3;1H/q+1;. The summed E-state index contributed by atoms with van der Waals surface area (Å²) >= 11 is 0. The second-order valence-electron chi connectivity index (χ2n) is 5.06. The molecular weight excluding hydrogens is 313 g/mol. The van der Waals surface area contributed by atoms with Gasteiger partial charge in [0.2, 0.25) is 0 Å². The van der Waals surface area contributed by atoms with E-state index >= 15 is 0 Å². The fraction of sp³-hybridized carbons (Fsp3) is 0.462. The van der Waals surface area contributed by atoms with Crippen molar-refractivity contribution in [3.05, 3.63) is 35.4 Å². The van der Waals surface area contributed by atoms with Crippen LogP contribution >= 0.6 is 24.0 Å². The highest BCUT2D eigenvalue weighted by Gasteiger charge is 2.12. The number of carbonyl (C=O) groups excluding carboxylic acids is 1. The SMILES string of the molecule is Cc1cccc(C(=O)CC[N+](C)(C)C)c1.I. The summed E-state index contributed by atoms with van der Waals surface area (Å²) in [7, 11) is 6.30. The van der Waals surface area contributed by atoms with E-state index in [4.69, 9.17) is 0 Å². The third kappa shape index (κ3) is 5.61. The summed E-state index contributed by atoms with van der Waals surface area (Å²) < 4.78 is 0.831. The minimum atomic E-state index is 0. The Morgan fingerprint density at radius 1 is 1.25 bits per heavy atom. The van der Waals surface area contributed by atoms with Crippen molar-refractivity contribution in [2.24, 2.45) is 0 Å². The highest BCUT2D eigenvalue weighted by Crippen LogP contribution is 2.08. The number of aryl methyl sites for hydroxylation is 1. The zero-order chi connectivity index (χ0) is 11.5. The average Bonchev–Trinajstić information content (AvgIpc) is 2.13. The fourth-order valence-electron chi connectivity index (χ4n) is 1.40.